The van der Waals surface area contributed by atoms with E-state index in [4.69, 9.17) is 27.9 Å². The molecule has 0 atom stereocenters. The minimum atomic E-state index is 0.445. The van der Waals surface area contributed by atoms with Crippen molar-refractivity contribution in [2.75, 3.05) is 7.11 Å². The molecule has 0 aliphatic heterocycles. The lowest BCUT2D eigenvalue weighted by atomic mass is 10.2. The first-order valence-corrected chi connectivity index (χ1v) is 15.4. The summed E-state index contributed by atoms with van der Waals surface area (Å²) in [6.07, 6.45) is 6.05. The topological polar surface area (TPSA) is 86.7 Å². The summed E-state index contributed by atoms with van der Waals surface area (Å²) in [4.78, 5) is 20.1. The molecule has 0 bridgehead atoms. The van der Waals surface area contributed by atoms with Gasteiger partial charge in [0.1, 0.15) is 16.0 Å². The van der Waals surface area contributed by atoms with Gasteiger partial charge in [0.2, 0.25) is 0 Å². The molecule has 13 heteroatoms. The molecule has 42 heavy (non-hydrogen) atoms. The Morgan fingerprint density at radius 3 is 2.19 bits per heavy atom. The number of benzene rings is 1. The average Bonchev–Trinajstić information content (AvgIpc) is 3.81. The summed E-state index contributed by atoms with van der Waals surface area (Å²) < 4.78 is 9.53. The number of halogens is 3. The van der Waals surface area contributed by atoms with Gasteiger partial charge in [-0.15, -0.1) is 11.3 Å². The van der Waals surface area contributed by atoms with Gasteiger partial charge in [0, 0.05) is 12.4 Å². The molecule has 0 spiro atoms. The number of hydrogen-bond acceptors (Lipinski definition) is 8. The lowest BCUT2D eigenvalue weighted by Crippen LogP contribution is -1.92. The number of carbonyl (C=O) groups excluding carboxylic acids is 1. The first-order valence-electron chi connectivity index (χ1n) is 12.2. The molecule has 0 aliphatic carbocycles. The van der Waals surface area contributed by atoms with Crippen LogP contribution in [-0.2, 0) is 0 Å². The molecule has 7 rings (SSSR count). The molecule has 0 N–H and O–H groups in total. The van der Waals surface area contributed by atoms with Crippen molar-refractivity contribution in [2.24, 2.45) is 0 Å². The van der Waals surface area contributed by atoms with E-state index in [1.807, 2.05) is 48.5 Å². The Kier molecular flexibility index (Phi) is 11.6. The monoisotopic (exact) mass is 700 g/mol. The van der Waals surface area contributed by atoms with Crippen LogP contribution in [0.4, 0.5) is 0 Å². The summed E-state index contributed by atoms with van der Waals surface area (Å²) in [7, 11) is 1.65. The van der Waals surface area contributed by atoms with Gasteiger partial charge in [0.25, 0.3) is 0 Å². The highest BCUT2D eigenvalue weighted by molar-refractivity contribution is 9.11. The minimum absolute atomic E-state index is 0.445. The van der Waals surface area contributed by atoms with Gasteiger partial charge in [0.15, 0.2) is 22.6 Å². The van der Waals surface area contributed by atoms with Crippen LogP contribution < -0.4 is 4.74 Å². The lowest BCUT2D eigenvalue weighted by Gasteiger charge is -1.97. The van der Waals surface area contributed by atoms with Gasteiger partial charge in [0.05, 0.1) is 26.8 Å². The fourth-order valence-electron chi connectivity index (χ4n) is 3.30. The van der Waals surface area contributed by atoms with E-state index in [1.54, 1.807) is 64.3 Å². The molecule has 0 fully saturated rings. The van der Waals surface area contributed by atoms with Gasteiger partial charge in [-0.25, -0.2) is 19.0 Å². The van der Waals surface area contributed by atoms with Crippen LogP contribution in [0.15, 0.2) is 101 Å². The van der Waals surface area contributed by atoms with Crippen LogP contribution in [-0.4, -0.2) is 42.6 Å². The summed E-state index contributed by atoms with van der Waals surface area (Å²) in [5, 5.41) is 9.97. The van der Waals surface area contributed by atoms with Crippen LogP contribution in [0.25, 0.3) is 21.9 Å². The zero-order chi connectivity index (χ0) is 29.9. The molecule has 0 saturated heterocycles. The Labute approximate surface area is 268 Å². The summed E-state index contributed by atoms with van der Waals surface area (Å²) in [5.74, 6) is 0. The number of rotatable bonds is 3. The Morgan fingerprint density at radius 2 is 1.60 bits per heavy atom. The highest BCUT2D eigenvalue weighted by atomic mass is 79.9. The first-order chi connectivity index (χ1) is 20.4. The Morgan fingerprint density at radius 1 is 0.857 bits per heavy atom. The number of nitrogens with zero attached hydrogens (tertiary/aromatic N) is 6. The normalized spacial score (nSPS) is 10.1. The zero-order valence-corrected chi connectivity index (χ0v) is 27.0. The van der Waals surface area contributed by atoms with Crippen LogP contribution in [0.2, 0.25) is 10.3 Å². The number of fused-ring (bicyclic) bond motifs is 2. The number of hydrogen-bond donors (Lipinski definition) is 0. The van der Waals surface area contributed by atoms with Crippen molar-refractivity contribution in [1.29, 1.82) is 0 Å². The fourth-order valence-corrected chi connectivity index (χ4v) is 5.64. The molecule has 214 valence electrons. The molecular weight excluding hydrogens is 679 g/mol. The minimum Gasteiger partial charge on any atom is -0.487 e. The van der Waals surface area contributed by atoms with E-state index >= 15 is 0 Å². The highest BCUT2D eigenvalue weighted by Gasteiger charge is 2.10. The Bertz CT molecular complexity index is 1870. The van der Waals surface area contributed by atoms with E-state index in [0.717, 1.165) is 41.9 Å². The van der Waals surface area contributed by atoms with E-state index in [-0.39, 0.29) is 0 Å². The lowest BCUT2D eigenvalue weighted by molar-refractivity contribution is 0.112. The van der Waals surface area contributed by atoms with Crippen molar-refractivity contribution < 1.29 is 9.53 Å². The zero-order valence-electron chi connectivity index (χ0n) is 22.3. The van der Waals surface area contributed by atoms with Crippen molar-refractivity contribution in [1.82, 2.24) is 29.2 Å². The second kappa shape index (κ2) is 15.6. The molecule has 6 aromatic heterocycles. The number of methoxy groups -OCH3 is 1. The summed E-state index contributed by atoms with van der Waals surface area (Å²) in [6.45, 7) is 2.08. The third-order valence-corrected chi connectivity index (χ3v) is 8.26. The van der Waals surface area contributed by atoms with Gasteiger partial charge in [-0.1, -0.05) is 70.4 Å². The number of aryl methyl sites for hydroxylation is 1. The average molecular weight is 702 g/mol. The second-order valence-electron chi connectivity index (χ2n) is 8.19. The Hall–Kier alpha value is -3.61. The number of imidazole rings is 2. The second-order valence-corrected chi connectivity index (χ2v) is 12.5. The van der Waals surface area contributed by atoms with Crippen molar-refractivity contribution >= 4 is 79.4 Å². The number of carbonyl (C=O) groups is 1. The number of thiophene rings is 2. The SMILES string of the molecule is COc1ccc(-c2cnc3ccc(Cl)nn23)s1.Cc1ccccc1.Clc1ccc2nccn2n1.O=Cc1ccc(Br)s1. The van der Waals surface area contributed by atoms with E-state index < -0.39 is 0 Å². The van der Waals surface area contributed by atoms with Crippen molar-refractivity contribution in [3.63, 3.8) is 0 Å². The molecule has 0 saturated carbocycles. The van der Waals surface area contributed by atoms with E-state index in [1.165, 1.54) is 16.9 Å². The predicted molar refractivity (Wildman–Crippen MR) is 174 cm³/mol. The maximum atomic E-state index is 10.0. The van der Waals surface area contributed by atoms with Crippen molar-refractivity contribution in [3.8, 4) is 15.6 Å². The maximum Gasteiger partial charge on any atom is 0.173 e. The van der Waals surface area contributed by atoms with Gasteiger partial charge in [-0.2, -0.15) is 10.2 Å². The van der Waals surface area contributed by atoms with E-state index in [2.05, 4.69) is 55.2 Å². The standard InChI is InChI=1S/C11H8ClN3OS.C7H8.C6H4ClN3.C5H3BrOS/c1-16-11-5-2-8(17-11)7-6-13-10-4-3-9(12)14-15(7)10;1-7-5-3-2-4-6-7;7-5-1-2-6-8-3-4-10(6)9-5;6-5-2-1-4(3-7)8-5/h2-6H,1H3;2-6H,1H3;1-4H;1-3H. The molecule has 6 heterocycles. The van der Waals surface area contributed by atoms with Gasteiger partial charge < -0.3 is 4.74 Å². The van der Waals surface area contributed by atoms with Gasteiger partial charge in [-0.05, 0) is 71.4 Å². The third kappa shape index (κ3) is 8.94. The van der Waals surface area contributed by atoms with Gasteiger partial charge in [-0.3, -0.25) is 4.79 Å². The van der Waals surface area contributed by atoms with Crippen molar-refractivity contribution in [2.45, 2.75) is 6.92 Å². The highest BCUT2D eigenvalue weighted by Crippen LogP contribution is 2.32. The van der Waals surface area contributed by atoms with Crippen LogP contribution in [0.3, 0.4) is 0 Å². The molecule has 0 amide bonds. The number of aldehydes is 1. The van der Waals surface area contributed by atoms with Crippen LogP contribution in [0, 0.1) is 6.92 Å². The molecule has 0 unspecified atom stereocenters. The van der Waals surface area contributed by atoms with Crippen LogP contribution in [0.1, 0.15) is 15.2 Å². The van der Waals surface area contributed by atoms with Gasteiger partial charge >= 0.3 is 0 Å². The summed E-state index contributed by atoms with van der Waals surface area (Å²) >= 11 is 17.7. The molecule has 8 nitrogen and oxygen atoms in total. The molecule has 1 aromatic carbocycles. The number of aromatic nitrogens is 6. The molecule has 0 radical (unpaired) electrons. The largest absolute Gasteiger partial charge is 0.487 e. The summed E-state index contributed by atoms with van der Waals surface area (Å²) in [5.41, 5.74) is 3.82. The third-order valence-electron chi connectivity index (χ3n) is 5.24. The van der Waals surface area contributed by atoms with Crippen molar-refractivity contribution in [3.05, 3.63) is 122 Å². The maximum absolute atomic E-state index is 10.0. The fraction of sp³-hybridized carbons (Fsp3) is 0.0690. The molecular formula is C29H23BrCl2N6O2S2. The smallest absolute Gasteiger partial charge is 0.173 e. The first kappa shape index (κ1) is 31.3. The molecule has 7 aromatic rings. The van der Waals surface area contributed by atoms with Crippen LogP contribution in [0.5, 0.6) is 5.06 Å². The van der Waals surface area contributed by atoms with Crippen LogP contribution >= 0.6 is 61.8 Å². The predicted octanol–water partition coefficient (Wildman–Crippen LogP) is 8.82. The molecule has 0 aliphatic rings. The van der Waals surface area contributed by atoms with E-state index in [9.17, 15) is 4.79 Å². The van der Waals surface area contributed by atoms with E-state index in [0.29, 0.717) is 10.3 Å². The number of ether oxygens (including phenoxy) is 1. The quantitative estimate of drug-likeness (QED) is 0.171. The Balaban J connectivity index is 0.000000139. The summed E-state index contributed by atoms with van der Waals surface area (Å²) in [6, 6.07) is 24.9.